The van der Waals surface area contributed by atoms with Crippen molar-refractivity contribution in [3.8, 4) is 11.4 Å². The number of fused-ring (bicyclic) bond motifs is 1. The molecule has 0 atom stereocenters. The summed E-state index contributed by atoms with van der Waals surface area (Å²) in [6.07, 6.45) is 6.50. The Hall–Kier alpha value is -1.90. The van der Waals surface area contributed by atoms with Gasteiger partial charge in [-0.15, -0.1) is 0 Å². The normalized spacial score (nSPS) is 15.4. The standard InChI is InChI=1S/C16H18N2O/c19-16-13-10-6-1-2-7-11-14(13)17-15(18-16)12-8-4-3-5-9-12/h3-5,8-9H,1-2,6-7,10-11H2,(H,17,18,19). The number of benzene rings is 1. The molecule has 3 heteroatoms. The van der Waals surface area contributed by atoms with Crippen LogP contribution in [-0.4, -0.2) is 9.97 Å². The van der Waals surface area contributed by atoms with E-state index in [4.69, 9.17) is 4.98 Å². The summed E-state index contributed by atoms with van der Waals surface area (Å²) in [6.45, 7) is 0. The van der Waals surface area contributed by atoms with Gasteiger partial charge in [0, 0.05) is 11.1 Å². The van der Waals surface area contributed by atoms with Gasteiger partial charge < -0.3 is 4.98 Å². The van der Waals surface area contributed by atoms with E-state index in [1.165, 1.54) is 12.8 Å². The van der Waals surface area contributed by atoms with Crippen LogP contribution in [0.1, 0.15) is 36.9 Å². The fourth-order valence-electron chi connectivity index (χ4n) is 2.69. The Morgan fingerprint density at radius 1 is 0.947 bits per heavy atom. The average molecular weight is 254 g/mol. The Balaban J connectivity index is 2.07. The summed E-state index contributed by atoms with van der Waals surface area (Å²) in [5, 5.41) is 0. The smallest absolute Gasteiger partial charge is 0.254 e. The van der Waals surface area contributed by atoms with Gasteiger partial charge in [-0.3, -0.25) is 4.79 Å². The van der Waals surface area contributed by atoms with Crippen molar-refractivity contribution in [2.45, 2.75) is 38.5 Å². The molecule has 0 fully saturated rings. The first kappa shape index (κ1) is 12.2. The van der Waals surface area contributed by atoms with Gasteiger partial charge in [-0.1, -0.05) is 43.2 Å². The molecule has 1 aromatic carbocycles. The van der Waals surface area contributed by atoms with Crippen LogP contribution in [0.25, 0.3) is 11.4 Å². The highest BCUT2D eigenvalue weighted by molar-refractivity contribution is 5.54. The zero-order valence-corrected chi connectivity index (χ0v) is 11.0. The zero-order chi connectivity index (χ0) is 13.1. The number of aryl methyl sites for hydroxylation is 1. The van der Waals surface area contributed by atoms with Gasteiger partial charge in [0.25, 0.3) is 5.56 Å². The van der Waals surface area contributed by atoms with Crippen LogP contribution in [0.4, 0.5) is 0 Å². The van der Waals surface area contributed by atoms with Gasteiger partial charge in [-0.05, 0) is 25.7 Å². The number of H-pyrrole nitrogens is 1. The molecule has 1 aromatic heterocycles. The highest BCUT2D eigenvalue weighted by atomic mass is 16.1. The predicted molar refractivity (Wildman–Crippen MR) is 76.2 cm³/mol. The average Bonchev–Trinajstić information content (AvgIpc) is 2.41. The molecule has 0 saturated carbocycles. The third-order valence-electron chi connectivity index (χ3n) is 3.74. The van der Waals surface area contributed by atoms with Crippen molar-refractivity contribution in [2.24, 2.45) is 0 Å². The minimum Gasteiger partial charge on any atom is -0.306 e. The van der Waals surface area contributed by atoms with Crippen molar-refractivity contribution in [1.29, 1.82) is 0 Å². The summed E-state index contributed by atoms with van der Waals surface area (Å²) >= 11 is 0. The van der Waals surface area contributed by atoms with Gasteiger partial charge >= 0.3 is 0 Å². The van der Waals surface area contributed by atoms with E-state index in [9.17, 15) is 4.79 Å². The van der Waals surface area contributed by atoms with Crippen molar-refractivity contribution in [1.82, 2.24) is 9.97 Å². The van der Waals surface area contributed by atoms with Crippen molar-refractivity contribution >= 4 is 0 Å². The Morgan fingerprint density at radius 3 is 2.47 bits per heavy atom. The maximum Gasteiger partial charge on any atom is 0.254 e. The quantitative estimate of drug-likeness (QED) is 0.850. The molecule has 0 unspecified atom stereocenters. The van der Waals surface area contributed by atoms with Crippen molar-refractivity contribution in [3.63, 3.8) is 0 Å². The Labute approximate surface area is 112 Å². The maximum absolute atomic E-state index is 12.2. The number of hydrogen-bond acceptors (Lipinski definition) is 2. The molecule has 0 saturated heterocycles. The summed E-state index contributed by atoms with van der Waals surface area (Å²) in [5.74, 6) is 0.699. The number of hydrogen-bond donors (Lipinski definition) is 1. The van der Waals surface area contributed by atoms with Gasteiger partial charge in [-0.25, -0.2) is 4.98 Å². The summed E-state index contributed by atoms with van der Waals surface area (Å²) in [7, 11) is 0. The second-order valence-electron chi connectivity index (χ2n) is 5.12. The minimum absolute atomic E-state index is 0.0470. The van der Waals surface area contributed by atoms with Crippen LogP contribution < -0.4 is 5.56 Å². The first-order valence-corrected chi connectivity index (χ1v) is 7.02. The first-order chi connectivity index (χ1) is 9.34. The lowest BCUT2D eigenvalue weighted by Crippen LogP contribution is -2.20. The SMILES string of the molecule is O=c1[nH]c(-c2ccccc2)nc2c1CCCCCC2. The Morgan fingerprint density at radius 2 is 1.68 bits per heavy atom. The summed E-state index contributed by atoms with van der Waals surface area (Å²) in [5.41, 5.74) is 2.93. The third-order valence-corrected chi connectivity index (χ3v) is 3.74. The molecular weight excluding hydrogens is 236 g/mol. The van der Waals surface area contributed by atoms with Crippen molar-refractivity contribution < 1.29 is 0 Å². The van der Waals surface area contributed by atoms with Gasteiger partial charge in [-0.2, -0.15) is 0 Å². The molecule has 0 amide bonds. The molecule has 3 rings (SSSR count). The highest BCUT2D eigenvalue weighted by Crippen LogP contribution is 2.19. The van der Waals surface area contributed by atoms with Gasteiger partial charge in [0.15, 0.2) is 0 Å². The zero-order valence-electron chi connectivity index (χ0n) is 11.0. The molecule has 1 aliphatic carbocycles. The van der Waals surface area contributed by atoms with Gasteiger partial charge in [0.05, 0.1) is 5.69 Å². The highest BCUT2D eigenvalue weighted by Gasteiger charge is 2.14. The van der Waals surface area contributed by atoms with Crippen LogP contribution in [0.15, 0.2) is 35.1 Å². The number of aromatic nitrogens is 2. The van der Waals surface area contributed by atoms with E-state index in [-0.39, 0.29) is 5.56 Å². The second-order valence-corrected chi connectivity index (χ2v) is 5.12. The first-order valence-electron chi connectivity index (χ1n) is 7.02. The van der Waals surface area contributed by atoms with E-state index < -0.39 is 0 Å². The molecule has 0 radical (unpaired) electrons. The lowest BCUT2D eigenvalue weighted by atomic mass is 9.98. The fraction of sp³-hybridized carbons (Fsp3) is 0.375. The topological polar surface area (TPSA) is 45.8 Å². The van der Waals surface area contributed by atoms with Crippen molar-refractivity contribution in [2.75, 3.05) is 0 Å². The molecular formula is C16H18N2O. The van der Waals surface area contributed by atoms with E-state index in [1.807, 2.05) is 30.3 Å². The van der Waals surface area contributed by atoms with Crippen LogP contribution in [0, 0.1) is 0 Å². The second kappa shape index (κ2) is 5.39. The van der Waals surface area contributed by atoms with E-state index >= 15 is 0 Å². The van der Waals surface area contributed by atoms with Crippen LogP contribution >= 0.6 is 0 Å². The van der Waals surface area contributed by atoms with E-state index in [1.54, 1.807) is 0 Å². The Kier molecular flexibility index (Phi) is 3.45. The summed E-state index contributed by atoms with van der Waals surface area (Å²) < 4.78 is 0. The fourth-order valence-corrected chi connectivity index (χ4v) is 2.69. The summed E-state index contributed by atoms with van der Waals surface area (Å²) in [4.78, 5) is 19.9. The Bertz CT molecular complexity index is 616. The van der Waals surface area contributed by atoms with E-state index in [0.717, 1.165) is 42.5 Å². The number of rotatable bonds is 1. The monoisotopic (exact) mass is 254 g/mol. The van der Waals surface area contributed by atoms with Crippen LogP contribution in [0.5, 0.6) is 0 Å². The molecule has 0 bridgehead atoms. The van der Waals surface area contributed by atoms with Crippen LogP contribution in [-0.2, 0) is 12.8 Å². The molecule has 0 spiro atoms. The number of nitrogens with one attached hydrogen (secondary N) is 1. The predicted octanol–water partition coefficient (Wildman–Crippen LogP) is 3.10. The molecule has 1 aliphatic rings. The van der Waals surface area contributed by atoms with Crippen LogP contribution in [0.2, 0.25) is 0 Å². The molecule has 1 heterocycles. The minimum atomic E-state index is 0.0470. The molecule has 3 nitrogen and oxygen atoms in total. The van der Waals surface area contributed by atoms with E-state index in [0.29, 0.717) is 5.82 Å². The van der Waals surface area contributed by atoms with Gasteiger partial charge in [0.2, 0.25) is 0 Å². The maximum atomic E-state index is 12.2. The lowest BCUT2D eigenvalue weighted by Gasteiger charge is -2.13. The molecule has 98 valence electrons. The molecule has 19 heavy (non-hydrogen) atoms. The summed E-state index contributed by atoms with van der Waals surface area (Å²) in [6, 6.07) is 9.86. The lowest BCUT2D eigenvalue weighted by molar-refractivity contribution is 0.604. The third kappa shape index (κ3) is 2.60. The molecule has 0 aliphatic heterocycles. The number of nitrogens with zero attached hydrogens (tertiary/aromatic N) is 1. The largest absolute Gasteiger partial charge is 0.306 e. The van der Waals surface area contributed by atoms with Gasteiger partial charge in [0.1, 0.15) is 5.82 Å². The number of aromatic amines is 1. The van der Waals surface area contributed by atoms with Crippen molar-refractivity contribution in [3.05, 3.63) is 51.9 Å². The molecule has 2 aromatic rings. The molecule has 1 N–H and O–H groups in total. The van der Waals surface area contributed by atoms with E-state index in [2.05, 4.69) is 4.98 Å². The van der Waals surface area contributed by atoms with Crippen LogP contribution in [0.3, 0.4) is 0 Å².